The maximum Gasteiger partial charge on any atom is 0.216 e. The quantitative estimate of drug-likeness (QED) is 0.675. The van der Waals surface area contributed by atoms with Crippen LogP contribution in [0.3, 0.4) is 0 Å². The predicted molar refractivity (Wildman–Crippen MR) is 43.4 cm³/mol. The Morgan fingerprint density at radius 2 is 2.50 bits per heavy atom. The lowest BCUT2D eigenvalue weighted by molar-refractivity contribution is -0.118. The number of rotatable bonds is 3. The average Bonchev–Trinajstić information content (AvgIpc) is 2.35. The van der Waals surface area contributed by atoms with Crippen LogP contribution < -0.4 is 5.32 Å². The minimum atomic E-state index is -0.0214. The first-order chi connectivity index (χ1) is 5.68. The number of carbonyl (C=O) groups excluding carboxylic acids is 1. The summed E-state index contributed by atoms with van der Waals surface area (Å²) < 4.78 is 1.70. The van der Waals surface area contributed by atoms with Gasteiger partial charge in [0.1, 0.15) is 0 Å². The van der Waals surface area contributed by atoms with E-state index in [9.17, 15) is 4.79 Å². The van der Waals surface area contributed by atoms with Gasteiger partial charge in [0.2, 0.25) is 5.91 Å². The Morgan fingerprint density at radius 1 is 1.75 bits per heavy atom. The minimum Gasteiger partial charge on any atom is -0.354 e. The fraction of sp³-hybridized carbons (Fsp3) is 0.571. The molecule has 0 aliphatic carbocycles. The Hall–Kier alpha value is -1.39. The van der Waals surface area contributed by atoms with Crippen molar-refractivity contribution in [3.63, 3.8) is 0 Å². The molecule has 1 rings (SSSR count). The fourth-order valence-corrected chi connectivity index (χ4v) is 0.851. The normalized spacial score (nSPS) is 9.83. The molecular formula is C7H12N4O. The summed E-state index contributed by atoms with van der Waals surface area (Å²) in [6.07, 6.45) is 1.84. The number of nitrogens with one attached hydrogen (secondary N) is 1. The van der Waals surface area contributed by atoms with Crippen molar-refractivity contribution < 1.29 is 4.79 Å². The van der Waals surface area contributed by atoms with Gasteiger partial charge in [0.05, 0.1) is 12.2 Å². The summed E-state index contributed by atoms with van der Waals surface area (Å²) >= 11 is 0. The van der Waals surface area contributed by atoms with E-state index in [1.165, 1.54) is 6.92 Å². The van der Waals surface area contributed by atoms with E-state index in [1.54, 1.807) is 4.68 Å². The summed E-state index contributed by atoms with van der Waals surface area (Å²) in [4.78, 5) is 10.5. The van der Waals surface area contributed by atoms with Gasteiger partial charge in [0.15, 0.2) is 0 Å². The molecule has 1 N–H and O–H groups in total. The summed E-state index contributed by atoms with van der Waals surface area (Å²) in [5.74, 6) is -0.0214. The van der Waals surface area contributed by atoms with E-state index in [-0.39, 0.29) is 5.91 Å². The Balaban J connectivity index is 2.29. The van der Waals surface area contributed by atoms with Crippen LogP contribution in [-0.4, -0.2) is 27.4 Å². The molecule has 0 saturated carbocycles. The molecule has 0 fully saturated rings. The monoisotopic (exact) mass is 168 g/mol. The van der Waals surface area contributed by atoms with E-state index in [1.807, 2.05) is 13.1 Å². The van der Waals surface area contributed by atoms with Gasteiger partial charge in [-0.25, -0.2) is 0 Å². The molecule has 12 heavy (non-hydrogen) atoms. The molecule has 5 nitrogen and oxygen atoms in total. The van der Waals surface area contributed by atoms with Gasteiger partial charge >= 0.3 is 0 Å². The van der Waals surface area contributed by atoms with Crippen molar-refractivity contribution >= 4 is 5.91 Å². The Bertz CT molecular complexity index is 268. The molecule has 0 aliphatic rings. The second-order valence-electron chi connectivity index (χ2n) is 2.61. The number of hydrogen-bond donors (Lipinski definition) is 1. The predicted octanol–water partition coefficient (Wildman–Crippen LogP) is -0.277. The number of carbonyl (C=O) groups is 1. The van der Waals surface area contributed by atoms with Gasteiger partial charge in [0, 0.05) is 19.7 Å². The first-order valence-electron chi connectivity index (χ1n) is 3.79. The van der Waals surface area contributed by atoms with Crippen molar-refractivity contribution in [2.45, 2.75) is 20.4 Å². The van der Waals surface area contributed by atoms with E-state index in [0.717, 1.165) is 5.69 Å². The van der Waals surface area contributed by atoms with E-state index in [0.29, 0.717) is 13.1 Å². The van der Waals surface area contributed by atoms with Crippen LogP contribution in [0.1, 0.15) is 12.6 Å². The van der Waals surface area contributed by atoms with E-state index in [4.69, 9.17) is 0 Å². The Morgan fingerprint density at radius 3 is 3.00 bits per heavy atom. The van der Waals surface area contributed by atoms with Crippen LogP contribution in [0.4, 0.5) is 0 Å². The molecule has 0 bridgehead atoms. The van der Waals surface area contributed by atoms with Gasteiger partial charge in [-0.05, 0) is 6.92 Å². The van der Waals surface area contributed by atoms with Gasteiger partial charge in [-0.15, -0.1) is 5.10 Å². The van der Waals surface area contributed by atoms with Crippen LogP contribution in [0.25, 0.3) is 0 Å². The lowest BCUT2D eigenvalue weighted by atomic mass is 10.5. The molecule has 0 saturated heterocycles. The molecular weight excluding hydrogens is 156 g/mol. The highest BCUT2D eigenvalue weighted by molar-refractivity contribution is 5.72. The molecule has 0 spiro atoms. The zero-order valence-electron chi connectivity index (χ0n) is 7.24. The maximum atomic E-state index is 10.5. The van der Waals surface area contributed by atoms with Crippen molar-refractivity contribution in [3.05, 3.63) is 11.9 Å². The highest BCUT2D eigenvalue weighted by atomic mass is 16.1. The first kappa shape index (κ1) is 8.70. The lowest BCUT2D eigenvalue weighted by Crippen LogP contribution is -2.24. The topological polar surface area (TPSA) is 59.8 Å². The molecule has 0 unspecified atom stereocenters. The van der Waals surface area contributed by atoms with Gasteiger partial charge in [-0.1, -0.05) is 5.21 Å². The number of amides is 1. The molecule has 1 aromatic heterocycles. The number of hydrogen-bond acceptors (Lipinski definition) is 3. The van der Waals surface area contributed by atoms with E-state index >= 15 is 0 Å². The number of nitrogens with zero attached hydrogens (tertiary/aromatic N) is 3. The summed E-state index contributed by atoms with van der Waals surface area (Å²) in [6, 6.07) is 0. The van der Waals surface area contributed by atoms with Crippen molar-refractivity contribution in [3.8, 4) is 0 Å². The molecule has 1 aromatic rings. The molecule has 0 radical (unpaired) electrons. The van der Waals surface area contributed by atoms with Crippen molar-refractivity contribution in [1.82, 2.24) is 20.3 Å². The second kappa shape index (κ2) is 3.85. The van der Waals surface area contributed by atoms with Crippen molar-refractivity contribution in [1.29, 1.82) is 0 Å². The van der Waals surface area contributed by atoms with Gasteiger partial charge in [-0.3, -0.25) is 9.48 Å². The fourth-order valence-electron chi connectivity index (χ4n) is 0.851. The zero-order chi connectivity index (χ0) is 8.97. The summed E-state index contributed by atoms with van der Waals surface area (Å²) in [7, 11) is 0. The van der Waals surface area contributed by atoms with Crippen LogP contribution in [0.2, 0.25) is 0 Å². The second-order valence-corrected chi connectivity index (χ2v) is 2.61. The SMILES string of the molecule is CC(=O)NCCn1cc(C)nn1. The lowest BCUT2D eigenvalue weighted by Gasteiger charge is -2.00. The highest BCUT2D eigenvalue weighted by Gasteiger charge is 1.95. The number of aryl methyl sites for hydroxylation is 1. The molecule has 0 atom stereocenters. The van der Waals surface area contributed by atoms with Crippen molar-refractivity contribution in [2.75, 3.05) is 6.54 Å². The van der Waals surface area contributed by atoms with Crippen LogP contribution in [0.5, 0.6) is 0 Å². The zero-order valence-corrected chi connectivity index (χ0v) is 7.24. The summed E-state index contributed by atoms with van der Waals surface area (Å²) in [5, 5.41) is 10.3. The summed E-state index contributed by atoms with van der Waals surface area (Å²) in [6.45, 7) is 4.63. The average molecular weight is 168 g/mol. The molecule has 66 valence electrons. The Kier molecular flexibility index (Phi) is 2.79. The first-order valence-corrected chi connectivity index (χ1v) is 3.79. The maximum absolute atomic E-state index is 10.5. The van der Waals surface area contributed by atoms with Gasteiger partial charge in [0.25, 0.3) is 0 Å². The van der Waals surface area contributed by atoms with Crippen LogP contribution in [-0.2, 0) is 11.3 Å². The van der Waals surface area contributed by atoms with E-state index < -0.39 is 0 Å². The molecule has 5 heteroatoms. The van der Waals surface area contributed by atoms with Gasteiger partial charge < -0.3 is 5.32 Å². The third-order valence-corrected chi connectivity index (χ3v) is 1.37. The molecule has 1 amide bonds. The molecule has 0 aliphatic heterocycles. The van der Waals surface area contributed by atoms with Crippen LogP contribution in [0.15, 0.2) is 6.20 Å². The largest absolute Gasteiger partial charge is 0.354 e. The standard InChI is InChI=1S/C7H12N4O/c1-6-5-11(10-9-6)4-3-8-7(2)12/h5H,3-4H2,1-2H3,(H,8,12). The molecule has 0 aromatic carbocycles. The van der Waals surface area contributed by atoms with Crippen LogP contribution >= 0.6 is 0 Å². The van der Waals surface area contributed by atoms with E-state index in [2.05, 4.69) is 15.6 Å². The van der Waals surface area contributed by atoms with Crippen LogP contribution in [0, 0.1) is 6.92 Å². The summed E-state index contributed by atoms with van der Waals surface area (Å²) in [5.41, 5.74) is 0.887. The third-order valence-electron chi connectivity index (χ3n) is 1.37. The van der Waals surface area contributed by atoms with Gasteiger partial charge in [-0.2, -0.15) is 0 Å². The molecule has 1 heterocycles. The smallest absolute Gasteiger partial charge is 0.216 e. The Labute approximate surface area is 70.8 Å². The third kappa shape index (κ3) is 2.69. The highest BCUT2D eigenvalue weighted by Crippen LogP contribution is 1.87. The number of aromatic nitrogens is 3. The minimum absolute atomic E-state index is 0.0214. The van der Waals surface area contributed by atoms with Crippen molar-refractivity contribution in [2.24, 2.45) is 0 Å².